The first-order valence-corrected chi connectivity index (χ1v) is 11.4. The molecule has 2 aromatic rings. The van der Waals surface area contributed by atoms with Crippen LogP contribution in [0.5, 0.6) is 0 Å². The number of primary amides is 1. The number of nitriles is 1. The third kappa shape index (κ3) is 6.70. The van der Waals surface area contributed by atoms with Crippen molar-refractivity contribution < 1.29 is 18.7 Å². The Kier molecular flexibility index (Phi) is 7.96. The van der Waals surface area contributed by atoms with Gasteiger partial charge in [0.15, 0.2) is 5.82 Å². The predicted octanol–water partition coefficient (Wildman–Crippen LogP) is 2.98. The van der Waals surface area contributed by atoms with Crippen LogP contribution < -0.4 is 11.1 Å². The smallest absolute Gasteiger partial charge is 0.409 e. The van der Waals surface area contributed by atoms with Crippen molar-refractivity contribution in [3.05, 3.63) is 41.8 Å². The Morgan fingerprint density at radius 1 is 1.34 bits per heavy atom. The molecule has 3 N–H and O–H groups in total. The SMILES string of the molecule is CN(C)CC(C)(C)COC(=O)N1CC[C@@H](n2cc(C(N)=O)c(Nc3ccc(F)cc3)n2)[C@H](C#N)C1. The summed E-state index contributed by atoms with van der Waals surface area (Å²) in [5.41, 5.74) is 6.01. The van der Waals surface area contributed by atoms with Crippen LogP contribution in [-0.4, -0.2) is 71.9 Å². The number of benzene rings is 1. The molecule has 1 aromatic carbocycles. The second kappa shape index (κ2) is 10.7. The molecule has 1 saturated heterocycles. The summed E-state index contributed by atoms with van der Waals surface area (Å²) in [5, 5.41) is 17.2. The Balaban J connectivity index is 1.70. The molecule has 1 aromatic heterocycles. The zero-order chi connectivity index (χ0) is 25.8. The van der Waals surface area contributed by atoms with E-state index in [-0.39, 0.29) is 41.8 Å². The van der Waals surface area contributed by atoms with Crippen molar-refractivity contribution in [2.75, 3.05) is 45.7 Å². The number of likely N-dealkylation sites (tertiary alicyclic amines) is 1. The first kappa shape index (κ1) is 26.0. The summed E-state index contributed by atoms with van der Waals surface area (Å²) in [6.07, 6.45) is 1.50. The van der Waals surface area contributed by atoms with Crippen molar-refractivity contribution in [3.8, 4) is 6.07 Å². The Bertz CT molecular complexity index is 1090. The van der Waals surface area contributed by atoms with Gasteiger partial charge >= 0.3 is 6.09 Å². The fraction of sp³-hybridized carbons (Fsp3) is 0.500. The lowest BCUT2D eigenvalue weighted by molar-refractivity contribution is 0.0441. The van der Waals surface area contributed by atoms with Crippen molar-refractivity contribution in [3.63, 3.8) is 0 Å². The van der Waals surface area contributed by atoms with Gasteiger partial charge in [0, 0.05) is 36.9 Å². The maximum absolute atomic E-state index is 13.2. The van der Waals surface area contributed by atoms with Gasteiger partial charge in [-0.15, -0.1) is 0 Å². The van der Waals surface area contributed by atoms with Crippen LogP contribution in [0, 0.1) is 28.5 Å². The molecule has 1 aliphatic rings. The van der Waals surface area contributed by atoms with Gasteiger partial charge in [0.1, 0.15) is 11.4 Å². The second-order valence-corrected chi connectivity index (χ2v) is 9.86. The van der Waals surface area contributed by atoms with E-state index in [1.807, 2.05) is 32.8 Å². The monoisotopic (exact) mass is 485 g/mol. The number of halogens is 1. The summed E-state index contributed by atoms with van der Waals surface area (Å²) in [6.45, 7) is 5.63. The van der Waals surface area contributed by atoms with Crippen LogP contribution in [0.3, 0.4) is 0 Å². The van der Waals surface area contributed by atoms with Gasteiger partial charge in [0.25, 0.3) is 5.91 Å². The number of carbonyl (C=O) groups is 2. The molecule has 0 radical (unpaired) electrons. The van der Waals surface area contributed by atoms with Gasteiger partial charge < -0.3 is 25.6 Å². The van der Waals surface area contributed by atoms with Crippen LogP contribution in [0.25, 0.3) is 0 Å². The Labute approximate surface area is 204 Å². The van der Waals surface area contributed by atoms with Crippen LogP contribution in [0.4, 0.5) is 20.7 Å². The number of hydrogen-bond donors (Lipinski definition) is 2. The molecule has 1 fully saturated rings. The summed E-state index contributed by atoms with van der Waals surface area (Å²) in [6, 6.07) is 7.49. The summed E-state index contributed by atoms with van der Waals surface area (Å²) >= 11 is 0. The quantitative estimate of drug-likeness (QED) is 0.588. The van der Waals surface area contributed by atoms with Gasteiger partial charge in [-0.05, 0) is 44.8 Å². The number of nitrogens with two attached hydrogens (primary N) is 1. The molecule has 2 amide bonds. The maximum Gasteiger partial charge on any atom is 0.409 e. The minimum Gasteiger partial charge on any atom is -0.449 e. The van der Waals surface area contributed by atoms with Crippen LogP contribution in [-0.2, 0) is 4.74 Å². The fourth-order valence-electron chi connectivity index (χ4n) is 4.30. The van der Waals surface area contributed by atoms with Gasteiger partial charge in [0.05, 0.1) is 24.6 Å². The highest BCUT2D eigenvalue weighted by Crippen LogP contribution is 2.31. The van der Waals surface area contributed by atoms with Crippen molar-refractivity contribution in [2.24, 2.45) is 17.1 Å². The summed E-state index contributed by atoms with van der Waals surface area (Å²) in [5.74, 6) is -1.42. The lowest BCUT2D eigenvalue weighted by Crippen LogP contribution is -2.45. The number of nitrogens with zero attached hydrogens (tertiary/aromatic N) is 5. The van der Waals surface area contributed by atoms with E-state index >= 15 is 0 Å². The minimum absolute atomic E-state index is 0.149. The van der Waals surface area contributed by atoms with Gasteiger partial charge in [-0.3, -0.25) is 9.48 Å². The molecule has 3 rings (SSSR count). The average molecular weight is 486 g/mol. The average Bonchev–Trinajstić information content (AvgIpc) is 3.21. The molecule has 0 bridgehead atoms. The highest BCUT2D eigenvalue weighted by Gasteiger charge is 2.35. The summed E-state index contributed by atoms with van der Waals surface area (Å²) in [4.78, 5) is 28.2. The molecule has 0 unspecified atom stereocenters. The standard InChI is InChI=1S/C24H32FN7O3/c1-24(2,14-30(3)4)15-35-23(34)31-10-9-20(16(11-26)12-31)32-13-19(21(27)33)22(29-32)28-18-7-5-17(25)6-8-18/h5-8,13,16,20H,9-10,12,14-15H2,1-4H3,(H2,27,33)(H,28,29)/t16-,20-/m1/s1. The minimum atomic E-state index is -0.685. The molecule has 1 aliphatic heterocycles. The molecule has 0 saturated carbocycles. The number of rotatable bonds is 8. The normalized spacial score (nSPS) is 18.3. The Morgan fingerprint density at radius 3 is 2.63 bits per heavy atom. The van der Waals surface area contributed by atoms with E-state index < -0.39 is 17.9 Å². The number of piperidine rings is 1. The molecule has 10 nitrogen and oxygen atoms in total. The predicted molar refractivity (Wildman–Crippen MR) is 128 cm³/mol. The molecule has 0 spiro atoms. The Hall–Kier alpha value is -3.65. The lowest BCUT2D eigenvalue weighted by Gasteiger charge is -2.35. The molecule has 188 valence electrons. The first-order valence-electron chi connectivity index (χ1n) is 11.4. The summed E-state index contributed by atoms with van der Waals surface area (Å²) < 4.78 is 20.3. The number of anilines is 2. The van der Waals surface area contributed by atoms with Gasteiger partial charge in [-0.2, -0.15) is 10.4 Å². The van der Waals surface area contributed by atoms with Gasteiger partial charge in [-0.25, -0.2) is 9.18 Å². The number of ether oxygens (including phenoxy) is 1. The molecule has 2 heterocycles. The van der Waals surface area contributed by atoms with Crippen molar-refractivity contribution in [2.45, 2.75) is 26.3 Å². The number of amides is 2. The number of aromatic nitrogens is 2. The third-order valence-electron chi connectivity index (χ3n) is 5.78. The molecule has 35 heavy (non-hydrogen) atoms. The maximum atomic E-state index is 13.2. The second-order valence-electron chi connectivity index (χ2n) is 9.86. The van der Waals surface area contributed by atoms with E-state index in [1.54, 1.807) is 4.68 Å². The van der Waals surface area contributed by atoms with E-state index in [1.165, 1.54) is 35.4 Å². The van der Waals surface area contributed by atoms with Crippen LogP contribution in [0.1, 0.15) is 36.7 Å². The van der Waals surface area contributed by atoms with E-state index in [0.717, 1.165) is 6.54 Å². The summed E-state index contributed by atoms with van der Waals surface area (Å²) in [7, 11) is 3.93. The largest absolute Gasteiger partial charge is 0.449 e. The van der Waals surface area contributed by atoms with E-state index in [9.17, 15) is 19.2 Å². The topological polar surface area (TPSA) is 130 Å². The molecular weight excluding hydrogens is 453 g/mol. The number of hydrogen-bond acceptors (Lipinski definition) is 7. The van der Waals surface area contributed by atoms with Crippen LogP contribution in [0.2, 0.25) is 0 Å². The number of carbonyl (C=O) groups excluding carboxylic acids is 2. The van der Waals surface area contributed by atoms with Gasteiger partial charge in [0.2, 0.25) is 0 Å². The lowest BCUT2D eigenvalue weighted by atomic mass is 9.93. The number of nitrogens with one attached hydrogen (secondary N) is 1. The van der Waals surface area contributed by atoms with Crippen LogP contribution >= 0.6 is 0 Å². The fourth-order valence-corrected chi connectivity index (χ4v) is 4.30. The van der Waals surface area contributed by atoms with Crippen molar-refractivity contribution in [1.82, 2.24) is 19.6 Å². The van der Waals surface area contributed by atoms with E-state index in [0.29, 0.717) is 18.7 Å². The molecule has 2 atom stereocenters. The molecular formula is C24H32FN7O3. The Morgan fingerprint density at radius 2 is 2.03 bits per heavy atom. The van der Waals surface area contributed by atoms with Crippen LogP contribution in [0.15, 0.2) is 30.5 Å². The zero-order valence-electron chi connectivity index (χ0n) is 20.5. The molecule has 11 heteroatoms. The zero-order valence-corrected chi connectivity index (χ0v) is 20.5. The van der Waals surface area contributed by atoms with Crippen molar-refractivity contribution in [1.29, 1.82) is 5.26 Å². The highest BCUT2D eigenvalue weighted by molar-refractivity contribution is 5.98. The van der Waals surface area contributed by atoms with Gasteiger partial charge in [-0.1, -0.05) is 13.8 Å². The van der Waals surface area contributed by atoms with Crippen molar-refractivity contribution >= 4 is 23.5 Å². The highest BCUT2D eigenvalue weighted by atomic mass is 19.1. The molecule has 0 aliphatic carbocycles. The third-order valence-corrected chi connectivity index (χ3v) is 5.78. The first-order chi connectivity index (χ1) is 16.5. The van der Waals surface area contributed by atoms with E-state index in [4.69, 9.17) is 10.5 Å². The van der Waals surface area contributed by atoms with E-state index in [2.05, 4.69) is 16.5 Å².